The van der Waals surface area contributed by atoms with Gasteiger partial charge in [0, 0.05) is 6.92 Å². The van der Waals surface area contributed by atoms with Crippen molar-refractivity contribution in [3.05, 3.63) is 35.4 Å². The second-order valence-corrected chi connectivity index (χ2v) is 3.58. The number of carbonyl (C=O) groups excluding carboxylic acids is 2. The number of esters is 2. The summed E-state index contributed by atoms with van der Waals surface area (Å²) in [7, 11) is 0. The zero-order chi connectivity index (χ0) is 12.7. The van der Waals surface area contributed by atoms with Crippen molar-refractivity contribution in [3.63, 3.8) is 0 Å². The summed E-state index contributed by atoms with van der Waals surface area (Å²) in [6.07, 6.45) is 0.266. The fourth-order valence-electron chi connectivity index (χ4n) is 1.32. The number of hydrogen-bond acceptors (Lipinski definition) is 4. The molecule has 0 amide bonds. The van der Waals surface area contributed by atoms with Crippen LogP contribution in [0.2, 0.25) is 0 Å². The van der Waals surface area contributed by atoms with Gasteiger partial charge in [-0.05, 0) is 18.1 Å². The predicted octanol–water partition coefficient (Wildman–Crippen LogP) is 1.86. The van der Waals surface area contributed by atoms with Crippen LogP contribution in [0.15, 0.2) is 24.3 Å². The van der Waals surface area contributed by atoms with Crippen LogP contribution in [0.5, 0.6) is 0 Å². The van der Waals surface area contributed by atoms with Gasteiger partial charge in [-0.15, -0.1) is 0 Å². The molecule has 4 nitrogen and oxygen atoms in total. The standard InChI is InChI=1S/C13H16O4/c1-3-16-13(15)8-11-4-6-12(7-5-11)9-17-10(2)14/h4-7H,3,8-9H2,1-2H3. The molecule has 0 heterocycles. The van der Waals surface area contributed by atoms with Gasteiger partial charge in [0.25, 0.3) is 0 Å². The van der Waals surface area contributed by atoms with Crippen LogP contribution in [0.25, 0.3) is 0 Å². The Balaban J connectivity index is 2.49. The molecule has 0 atom stereocenters. The molecule has 92 valence electrons. The molecule has 0 aliphatic rings. The lowest BCUT2D eigenvalue weighted by Gasteiger charge is -2.04. The summed E-state index contributed by atoms with van der Waals surface area (Å²) < 4.78 is 9.70. The molecular formula is C13H16O4. The molecule has 0 aromatic heterocycles. The Labute approximate surface area is 101 Å². The summed E-state index contributed by atoms with van der Waals surface area (Å²) in [6, 6.07) is 7.32. The van der Waals surface area contributed by atoms with Crippen molar-refractivity contribution in [3.8, 4) is 0 Å². The second kappa shape index (κ2) is 6.68. The lowest BCUT2D eigenvalue weighted by atomic mass is 10.1. The van der Waals surface area contributed by atoms with Gasteiger partial charge in [-0.3, -0.25) is 9.59 Å². The van der Waals surface area contributed by atoms with Crippen LogP contribution >= 0.6 is 0 Å². The van der Waals surface area contributed by atoms with Crippen LogP contribution in [-0.4, -0.2) is 18.5 Å². The molecule has 1 aromatic carbocycles. The van der Waals surface area contributed by atoms with Gasteiger partial charge < -0.3 is 9.47 Å². The van der Waals surface area contributed by atoms with Crippen molar-refractivity contribution in [2.75, 3.05) is 6.61 Å². The molecule has 1 rings (SSSR count). The summed E-state index contributed by atoms with van der Waals surface area (Å²) in [4.78, 5) is 21.8. The molecule has 0 spiro atoms. The summed E-state index contributed by atoms with van der Waals surface area (Å²) in [5, 5.41) is 0. The van der Waals surface area contributed by atoms with Gasteiger partial charge in [0.05, 0.1) is 13.0 Å². The Morgan fingerprint density at radius 3 is 2.18 bits per heavy atom. The lowest BCUT2D eigenvalue weighted by Crippen LogP contribution is -2.07. The van der Waals surface area contributed by atoms with Gasteiger partial charge in [0.2, 0.25) is 0 Å². The maximum absolute atomic E-state index is 11.2. The number of hydrogen-bond donors (Lipinski definition) is 0. The summed E-state index contributed by atoms with van der Waals surface area (Å²) >= 11 is 0. The molecule has 1 aromatic rings. The minimum atomic E-state index is -0.305. The second-order valence-electron chi connectivity index (χ2n) is 3.58. The zero-order valence-electron chi connectivity index (χ0n) is 10.1. The minimum Gasteiger partial charge on any atom is -0.466 e. The van der Waals surface area contributed by atoms with E-state index in [0.29, 0.717) is 6.61 Å². The average Bonchev–Trinajstić information content (AvgIpc) is 2.28. The van der Waals surface area contributed by atoms with Crippen LogP contribution in [0.1, 0.15) is 25.0 Å². The van der Waals surface area contributed by atoms with Crippen molar-refractivity contribution in [1.29, 1.82) is 0 Å². The molecule has 0 N–H and O–H groups in total. The van der Waals surface area contributed by atoms with Crippen LogP contribution < -0.4 is 0 Å². The quantitative estimate of drug-likeness (QED) is 0.732. The molecule has 0 aliphatic carbocycles. The van der Waals surface area contributed by atoms with Crippen molar-refractivity contribution in [2.24, 2.45) is 0 Å². The Morgan fingerprint density at radius 1 is 1.06 bits per heavy atom. The van der Waals surface area contributed by atoms with E-state index in [1.807, 2.05) is 24.3 Å². The average molecular weight is 236 g/mol. The predicted molar refractivity (Wildman–Crippen MR) is 62.2 cm³/mol. The first-order valence-corrected chi connectivity index (χ1v) is 5.48. The van der Waals surface area contributed by atoms with E-state index in [1.54, 1.807) is 6.92 Å². The van der Waals surface area contributed by atoms with Crippen molar-refractivity contribution < 1.29 is 19.1 Å². The fourth-order valence-corrected chi connectivity index (χ4v) is 1.32. The first-order valence-electron chi connectivity index (χ1n) is 5.48. The SMILES string of the molecule is CCOC(=O)Cc1ccc(COC(C)=O)cc1. The molecule has 0 saturated carbocycles. The molecule has 0 aliphatic heterocycles. The van der Waals surface area contributed by atoms with Gasteiger partial charge in [0.1, 0.15) is 6.61 Å². The van der Waals surface area contributed by atoms with E-state index in [4.69, 9.17) is 9.47 Å². The highest BCUT2D eigenvalue weighted by atomic mass is 16.5. The van der Waals surface area contributed by atoms with Gasteiger partial charge in [-0.2, -0.15) is 0 Å². The highest BCUT2D eigenvalue weighted by Crippen LogP contribution is 2.07. The number of ether oxygens (including phenoxy) is 2. The lowest BCUT2D eigenvalue weighted by molar-refractivity contribution is -0.143. The van der Waals surface area contributed by atoms with E-state index in [0.717, 1.165) is 11.1 Å². The summed E-state index contributed by atoms with van der Waals surface area (Å²) in [6.45, 7) is 3.80. The third kappa shape index (κ3) is 5.15. The van der Waals surface area contributed by atoms with E-state index < -0.39 is 0 Å². The van der Waals surface area contributed by atoms with E-state index in [-0.39, 0.29) is 25.0 Å². The van der Waals surface area contributed by atoms with E-state index >= 15 is 0 Å². The maximum Gasteiger partial charge on any atom is 0.310 e. The molecule has 0 radical (unpaired) electrons. The van der Waals surface area contributed by atoms with Gasteiger partial charge >= 0.3 is 11.9 Å². The Hall–Kier alpha value is -1.84. The molecule has 0 fully saturated rings. The molecule has 0 bridgehead atoms. The third-order valence-electron chi connectivity index (χ3n) is 2.12. The van der Waals surface area contributed by atoms with Crippen LogP contribution in [0.3, 0.4) is 0 Å². The number of carbonyl (C=O) groups is 2. The Morgan fingerprint density at radius 2 is 1.65 bits per heavy atom. The molecule has 0 saturated heterocycles. The van der Waals surface area contributed by atoms with E-state index in [2.05, 4.69) is 0 Å². The van der Waals surface area contributed by atoms with Crippen molar-refractivity contribution in [2.45, 2.75) is 26.9 Å². The van der Waals surface area contributed by atoms with Crippen molar-refractivity contribution in [1.82, 2.24) is 0 Å². The van der Waals surface area contributed by atoms with Gasteiger partial charge in [0.15, 0.2) is 0 Å². The topological polar surface area (TPSA) is 52.6 Å². The number of benzene rings is 1. The highest BCUT2D eigenvalue weighted by Gasteiger charge is 2.04. The summed E-state index contributed by atoms with van der Waals surface area (Å²) in [5.74, 6) is -0.541. The number of rotatable bonds is 5. The smallest absolute Gasteiger partial charge is 0.310 e. The monoisotopic (exact) mass is 236 g/mol. The largest absolute Gasteiger partial charge is 0.466 e. The first kappa shape index (κ1) is 13.2. The molecule has 4 heteroatoms. The first-order chi connectivity index (χ1) is 8.11. The highest BCUT2D eigenvalue weighted by molar-refractivity contribution is 5.72. The van der Waals surface area contributed by atoms with Crippen LogP contribution in [0.4, 0.5) is 0 Å². The van der Waals surface area contributed by atoms with E-state index in [9.17, 15) is 9.59 Å². The maximum atomic E-state index is 11.2. The Bertz CT molecular complexity index is 381. The molecule has 0 unspecified atom stereocenters. The van der Waals surface area contributed by atoms with Crippen molar-refractivity contribution >= 4 is 11.9 Å². The normalized spacial score (nSPS) is 9.76. The van der Waals surface area contributed by atoms with Gasteiger partial charge in [-0.1, -0.05) is 24.3 Å². The van der Waals surface area contributed by atoms with E-state index in [1.165, 1.54) is 6.92 Å². The molecule has 17 heavy (non-hydrogen) atoms. The summed E-state index contributed by atoms with van der Waals surface area (Å²) in [5.41, 5.74) is 1.78. The van der Waals surface area contributed by atoms with Gasteiger partial charge in [-0.25, -0.2) is 0 Å². The Kier molecular flexibility index (Phi) is 5.20. The minimum absolute atomic E-state index is 0.236. The zero-order valence-corrected chi connectivity index (χ0v) is 10.1. The fraction of sp³-hybridized carbons (Fsp3) is 0.385. The third-order valence-corrected chi connectivity index (χ3v) is 2.12. The van der Waals surface area contributed by atoms with Crippen LogP contribution in [0, 0.1) is 0 Å². The van der Waals surface area contributed by atoms with Crippen LogP contribution in [-0.2, 0) is 32.1 Å². The molecular weight excluding hydrogens is 220 g/mol.